The average Bonchev–Trinajstić information content (AvgIpc) is 2.34. The number of nitrogens with two attached hydrogens (primary N) is 1. The first-order chi connectivity index (χ1) is 8.91. The van der Waals surface area contributed by atoms with Crippen LogP contribution >= 0.6 is 11.6 Å². The van der Waals surface area contributed by atoms with E-state index in [2.05, 4.69) is 0 Å². The Kier molecular flexibility index (Phi) is 3.83. The van der Waals surface area contributed by atoms with Gasteiger partial charge in [-0.2, -0.15) is 0 Å². The fourth-order valence-corrected chi connectivity index (χ4v) is 2.03. The molecule has 2 aromatic carbocycles. The standard InChI is InChI=1S/C14H11ClF3N/c1-7-2-5-10(16)12(13(7)18)14(19)9-4-3-8(15)6-11(9)17/h2-6,14H,19H2,1H3. The minimum Gasteiger partial charge on any atom is -0.320 e. The van der Waals surface area contributed by atoms with E-state index >= 15 is 0 Å². The van der Waals surface area contributed by atoms with Gasteiger partial charge in [-0.15, -0.1) is 0 Å². The Hall–Kier alpha value is -1.52. The Morgan fingerprint density at radius 1 is 1.05 bits per heavy atom. The fraction of sp³-hybridized carbons (Fsp3) is 0.143. The van der Waals surface area contributed by atoms with Gasteiger partial charge in [-0.3, -0.25) is 0 Å². The molecule has 1 atom stereocenters. The van der Waals surface area contributed by atoms with Crippen LogP contribution in [0.25, 0.3) is 0 Å². The summed E-state index contributed by atoms with van der Waals surface area (Å²) in [6, 6.07) is 5.00. The summed E-state index contributed by atoms with van der Waals surface area (Å²) in [5.74, 6) is -2.26. The van der Waals surface area contributed by atoms with E-state index in [1.807, 2.05) is 0 Å². The molecule has 0 aliphatic heterocycles. The Morgan fingerprint density at radius 3 is 2.37 bits per heavy atom. The molecule has 2 aromatic rings. The molecule has 1 unspecified atom stereocenters. The van der Waals surface area contributed by atoms with Crippen LogP contribution in [0.4, 0.5) is 13.2 Å². The molecule has 0 amide bonds. The molecular weight excluding hydrogens is 275 g/mol. The van der Waals surface area contributed by atoms with Crippen molar-refractivity contribution in [1.82, 2.24) is 0 Å². The van der Waals surface area contributed by atoms with E-state index in [0.717, 1.165) is 12.1 Å². The smallest absolute Gasteiger partial charge is 0.134 e. The molecule has 0 saturated carbocycles. The van der Waals surface area contributed by atoms with Gasteiger partial charge >= 0.3 is 0 Å². The molecule has 1 nitrogen and oxygen atoms in total. The lowest BCUT2D eigenvalue weighted by Crippen LogP contribution is -2.17. The molecule has 0 radical (unpaired) electrons. The highest BCUT2D eigenvalue weighted by atomic mass is 35.5. The summed E-state index contributed by atoms with van der Waals surface area (Å²) in [6.07, 6.45) is 0. The van der Waals surface area contributed by atoms with Gasteiger partial charge in [0.2, 0.25) is 0 Å². The summed E-state index contributed by atoms with van der Waals surface area (Å²) in [6.45, 7) is 1.49. The highest BCUT2D eigenvalue weighted by Gasteiger charge is 2.22. The second kappa shape index (κ2) is 5.23. The summed E-state index contributed by atoms with van der Waals surface area (Å²) in [4.78, 5) is 0. The number of rotatable bonds is 2. The first kappa shape index (κ1) is 13.9. The van der Waals surface area contributed by atoms with Crippen LogP contribution in [0.5, 0.6) is 0 Å². The molecule has 5 heteroatoms. The third-order valence-corrected chi connectivity index (χ3v) is 3.16. The van der Waals surface area contributed by atoms with Crippen molar-refractivity contribution in [1.29, 1.82) is 0 Å². The molecule has 0 bridgehead atoms. The zero-order chi connectivity index (χ0) is 14.2. The first-order valence-electron chi connectivity index (χ1n) is 5.57. The third-order valence-electron chi connectivity index (χ3n) is 2.93. The zero-order valence-corrected chi connectivity index (χ0v) is 10.8. The van der Waals surface area contributed by atoms with Gasteiger partial charge in [0.1, 0.15) is 17.5 Å². The maximum absolute atomic E-state index is 13.9. The molecule has 0 heterocycles. The first-order valence-corrected chi connectivity index (χ1v) is 5.94. The molecule has 0 spiro atoms. The SMILES string of the molecule is Cc1ccc(F)c(C(N)c2ccc(Cl)cc2F)c1F. The normalized spacial score (nSPS) is 12.5. The van der Waals surface area contributed by atoms with Crippen molar-refractivity contribution in [3.63, 3.8) is 0 Å². The van der Waals surface area contributed by atoms with Crippen molar-refractivity contribution < 1.29 is 13.2 Å². The van der Waals surface area contributed by atoms with Crippen LogP contribution in [0.2, 0.25) is 5.02 Å². The van der Waals surface area contributed by atoms with Crippen LogP contribution in [0, 0.1) is 24.4 Å². The molecule has 19 heavy (non-hydrogen) atoms. The van der Waals surface area contributed by atoms with E-state index in [1.165, 1.54) is 25.1 Å². The van der Waals surface area contributed by atoms with Gasteiger partial charge in [-0.25, -0.2) is 13.2 Å². The van der Waals surface area contributed by atoms with Gasteiger partial charge in [-0.1, -0.05) is 23.7 Å². The monoisotopic (exact) mass is 285 g/mol. The number of hydrogen-bond acceptors (Lipinski definition) is 1. The Morgan fingerprint density at radius 2 is 1.74 bits per heavy atom. The minimum atomic E-state index is -1.22. The van der Waals surface area contributed by atoms with Gasteiger partial charge in [0.05, 0.1) is 6.04 Å². The lowest BCUT2D eigenvalue weighted by molar-refractivity contribution is 0.528. The summed E-state index contributed by atoms with van der Waals surface area (Å²) < 4.78 is 41.4. The van der Waals surface area contributed by atoms with E-state index in [4.69, 9.17) is 17.3 Å². The maximum atomic E-state index is 13.9. The molecule has 0 aromatic heterocycles. The molecule has 0 fully saturated rings. The molecule has 0 aliphatic carbocycles. The van der Waals surface area contributed by atoms with Crippen LogP contribution in [-0.2, 0) is 0 Å². The molecule has 2 rings (SSSR count). The van der Waals surface area contributed by atoms with E-state index in [0.29, 0.717) is 0 Å². The number of hydrogen-bond donors (Lipinski definition) is 1. The van der Waals surface area contributed by atoms with Crippen LogP contribution in [0.3, 0.4) is 0 Å². The predicted octanol–water partition coefficient (Wildman–Crippen LogP) is 4.11. The van der Waals surface area contributed by atoms with E-state index < -0.39 is 23.5 Å². The van der Waals surface area contributed by atoms with Crippen LogP contribution < -0.4 is 5.73 Å². The van der Waals surface area contributed by atoms with Crippen molar-refractivity contribution in [3.8, 4) is 0 Å². The van der Waals surface area contributed by atoms with Crippen molar-refractivity contribution in [2.24, 2.45) is 5.73 Å². The lowest BCUT2D eigenvalue weighted by atomic mass is 9.96. The molecular formula is C14H11ClF3N. The van der Waals surface area contributed by atoms with Crippen molar-refractivity contribution in [2.45, 2.75) is 13.0 Å². The van der Waals surface area contributed by atoms with E-state index in [-0.39, 0.29) is 21.7 Å². The fourth-order valence-electron chi connectivity index (χ4n) is 1.87. The minimum absolute atomic E-state index is 0.00667. The largest absolute Gasteiger partial charge is 0.320 e. The summed E-state index contributed by atoms with van der Waals surface area (Å²) >= 11 is 5.63. The van der Waals surface area contributed by atoms with Gasteiger partial charge in [0.25, 0.3) is 0 Å². The zero-order valence-electron chi connectivity index (χ0n) is 10.1. The second-order valence-electron chi connectivity index (χ2n) is 4.24. The van der Waals surface area contributed by atoms with Crippen molar-refractivity contribution in [3.05, 3.63) is 69.5 Å². The van der Waals surface area contributed by atoms with Gasteiger partial charge in [0.15, 0.2) is 0 Å². The summed E-state index contributed by atoms with van der Waals surface area (Å²) in [5.41, 5.74) is 5.67. The second-order valence-corrected chi connectivity index (χ2v) is 4.67. The topological polar surface area (TPSA) is 26.0 Å². The Balaban J connectivity index is 2.56. The van der Waals surface area contributed by atoms with Crippen LogP contribution in [0.1, 0.15) is 22.7 Å². The summed E-state index contributed by atoms with van der Waals surface area (Å²) in [7, 11) is 0. The third kappa shape index (κ3) is 2.60. The quantitative estimate of drug-likeness (QED) is 0.883. The molecule has 2 N–H and O–H groups in total. The van der Waals surface area contributed by atoms with E-state index in [1.54, 1.807) is 0 Å². The number of aryl methyl sites for hydroxylation is 1. The summed E-state index contributed by atoms with van der Waals surface area (Å²) in [5, 5.41) is 0.193. The van der Waals surface area contributed by atoms with E-state index in [9.17, 15) is 13.2 Å². The van der Waals surface area contributed by atoms with Crippen LogP contribution in [-0.4, -0.2) is 0 Å². The van der Waals surface area contributed by atoms with Crippen molar-refractivity contribution >= 4 is 11.6 Å². The molecule has 100 valence electrons. The number of halogens is 4. The predicted molar refractivity (Wildman–Crippen MR) is 68.5 cm³/mol. The van der Waals surface area contributed by atoms with Crippen molar-refractivity contribution in [2.75, 3.05) is 0 Å². The maximum Gasteiger partial charge on any atom is 0.134 e. The molecule has 0 saturated heterocycles. The highest BCUT2D eigenvalue weighted by Crippen LogP contribution is 2.29. The Bertz CT molecular complexity index is 628. The molecule has 0 aliphatic rings. The lowest BCUT2D eigenvalue weighted by Gasteiger charge is -2.16. The Labute approximate surface area is 113 Å². The number of benzene rings is 2. The van der Waals surface area contributed by atoms with Gasteiger partial charge in [-0.05, 0) is 30.7 Å². The van der Waals surface area contributed by atoms with Gasteiger partial charge in [0, 0.05) is 16.1 Å². The average molecular weight is 286 g/mol. The van der Waals surface area contributed by atoms with Gasteiger partial charge < -0.3 is 5.73 Å². The van der Waals surface area contributed by atoms with Crippen LogP contribution in [0.15, 0.2) is 30.3 Å². The highest BCUT2D eigenvalue weighted by molar-refractivity contribution is 6.30.